The minimum atomic E-state index is -3.02. The fourth-order valence-electron chi connectivity index (χ4n) is 4.78. The Morgan fingerprint density at radius 2 is 1.85 bits per heavy atom. The number of amides is 1. The minimum absolute atomic E-state index is 0.113. The summed E-state index contributed by atoms with van der Waals surface area (Å²) in [5, 5.41) is 4.61. The Labute approximate surface area is 192 Å². The van der Waals surface area contributed by atoms with E-state index in [0.717, 1.165) is 17.0 Å². The molecular weight excluding hydrogens is 448 g/mol. The molecule has 33 heavy (non-hydrogen) atoms. The second kappa shape index (κ2) is 7.84. The van der Waals surface area contributed by atoms with Gasteiger partial charge in [-0.2, -0.15) is 5.10 Å². The standard InChI is InChI=1S/C22H26N4O6S/c1-13-17(14(2)26(23-13)15-4-7-33(29,30)11-15)10-24(3)12-25-18-9-20-19(31-5-6-32-20)8-16(18)21(27)22(25)28/h8-9,15H,4-7,10-12H2,1-3H3/t15-/m0/s1. The van der Waals surface area contributed by atoms with E-state index >= 15 is 0 Å². The average molecular weight is 475 g/mol. The van der Waals surface area contributed by atoms with Gasteiger partial charge in [0.05, 0.1) is 41.2 Å². The van der Waals surface area contributed by atoms with Crippen molar-refractivity contribution in [3.63, 3.8) is 0 Å². The predicted octanol–water partition coefficient (Wildman–Crippen LogP) is 1.25. The molecule has 0 N–H and O–H groups in total. The number of hydrogen-bond donors (Lipinski definition) is 0. The molecule has 1 amide bonds. The van der Waals surface area contributed by atoms with E-state index in [1.807, 2.05) is 30.5 Å². The second-order valence-corrected chi connectivity index (χ2v) is 11.1. The molecule has 5 rings (SSSR count). The lowest BCUT2D eigenvalue weighted by atomic mass is 10.1. The van der Waals surface area contributed by atoms with E-state index < -0.39 is 21.5 Å². The lowest BCUT2D eigenvalue weighted by Gasteiger charge is -2.26. The summed E-state index contributed by atoms with van der Waals surface area (Å²) >= 11 is 0. The van der Waals surface area contributed by atoms with Crippen molar-refractivity contribution in [2.45, 2.75) is 32.9 Å². The molecule has 1 atom stereocenters. The molecule has 1 saturated heterocycles. The molecule has 10 nitrogen and oxygen atoms in total. The number of carbonyl (C=O) groups is 2. The normalized spacial score (nSPS) is 21.2. The summed E-state index contributed by atoms with van der Waals surface area (Å²) in [5.41, 5.74) is 3.57. The lowest BCUT2D eigenvalue weighted by molar-refractivity contribution is -0.114. The molecule has 0 saturated carbocycles. The first kappa shape index (κ1) is 21.9. The van der Waals surface area contributed by atoms with Crippen LogP contribution in [0.2, 0.25) is 0 Å². The smallest absolute Gasteiger partial charge is 0.300 e. The molecule has 0 aliphatic carbocycles. The van der Waals surface area contributed by atoms with Crippen molar-refractivity contribution < 1.29 is 27.5 Å². The van der Waals surface area contributed by atoms with Gasteiger partial charge in [0.25, 0.3) is 5.78 Å². The van der Waals surface area contributed by atoms with E-state index in [-0.39, 0.29) is 24.2 Å². The third kappa shape index (κ3) is 3.78. The van der Waals surface area contributed by atoms with E-state index in [1.54, 1.807) is 12.1 Å². The van der Waals surface area contributed by atoms with E-state index in [2.05, 4.69) is 5.10 Å². The first-order chi connectivity index (χ1) is 15.6. The van der Waals surface area contributed by atoms with Crippen molar-refractivity contribution in [3.05, 3.63) is 34.6 Å². The number of fused-ring (bicyclic) bond motifs is 2. The molecule has 0 radical (unpaired) electrons. The number of aromatic nitrogens is 2. The summed E-state index contributed by atoms with van der Waals surface area (Å²) in [7, 11) is -1.15. The third-order valence-corrected chi connectivity index (χ3v) is 8.23. The van der Waals surface area contributed by atoms with Crippen LogP contribution in [-0.4, -0.2) is 73.2 Å². The summed E-state index contributed by atoms with van der Waals surface area (Å²) in [5.74, 6) is 0.159. The summed E-state index contributed by atoms with van der Waals surface area (Å²) in [6.07, 6.45) is 0.566. The number of ketones is 1. The van der Waals surface area contributed by atoms with Crippen molar-refractivity contribution in [2.24, 2.45) is 0 Å². The Balaban J connectivity index is 1.36. The first-order valence-electron chi connectivity index (χ1n) is 10.9. The highest BCUT2D eigenvalue weighted by molar-refractivity contribution is 7.91. The predicted molar refractivity (Wildman–Crippen MR) is 120 cm³/mol. The maximum absolute atomic E-state index is 12.7. The van der Waals surface area contributed by atoms with Crippen molar-refractivity contribution in [1.82, 2.24) is 14.7 Å². The Bertz CT molecular complexity index is 1270. The molecule has 3 aliphatic heterocycles. The number of rotatable bonds is 5. The van der Waals surface area contributed by atoms with Gasteiger partial charge in [0.1, 0.15) is 13.2 Å². The van der Waals surface area contributed by atoms with Crippen LogP contribution in [0.25, 0.3) is 0 Å². The van der Waals surface area contributed by atoms with Crippen LogP contribution in [0.15, 0.2) is 12.1 Å². The zero-order valence-electron chi connectivity index (χ0n) is 18.8. The zero-order chi connectivity index (χ0) is 23.5. The Kier molecular flexibility index (Phi) is 5.20. The van der Waals surface area contributed by atoms with Gasteiger partial charge in [-0.1, -0.05) is 0 Å². The van der Waals surface area contributed by atoms with Gasteiger partial charge in [0, 0.05) is 23.9 Å². The van der Waals surface area contributed by atoms with E-state index in [9.17, 15) is 18.0 Å². The lowest BCUT2D eigenvalue weighted by Crippen LogP contribution is -2.39. The number of ether oxygens (including phenoxy) is 2. The topological polar surface area (TPSA) is 111 Å². The maximum Gasteiger partial charge on any atom is 0.300 e. The first-order valence-corrected chi connectivity index (χ1v) is 12.7. The van der Waals surface area contributed by atoms with Gasteiger partial charge in [-0.3, -0.25) is 24.1 Å². The van der Waals surface area contributed by atoms with Crippen LogP contribution < -0.4 is 14.4 Å². The summed E-state index contributed by atoms with van der Waals surface area (Å²) < 4.78 is 36.8. The van der Waals surface area contributed by atoms with Gasteiger partial charge in [0.2, 0.25) is 0 Å². The third-order valence-electron chi connectivity index (χ3n) is 6.48. The number of sulfone groups is 1. The number of carbonyl (C=O) groups excluding carboxylic acids is 2. The molecule has 0 spiro atoms. The number of anilines is 1. The summed E-state index contributed by atoms with van der Waals surface area (Å²) in [4.78, 5) is 28.7. The van der Waals surface area contributed by atoms with Crippen LogP contribution in [0.1, 0.15) is 39.8 Å². The number of hydrogen-bond acceptors (Lipinski definition) is 8. The van der Waals surface area contributed by atoms with Crippen molar-refractivity contribution >= 4 is 27.2 Å². The van der Waals surface area contributed by atoms with Crippen LogP contribution in [0, 0.1) is 13.8 Å². The average Bonchev–Trinajstić information content (AvgIpc) is 3.35. The Morgan fingerprint density at radius 1 is 1.15 bits per heavy atom. The highest BCUT2D eigenvalue weighted by Gasteiger charge is 2.38. The maximum atomic E-state index is 12.7. The Morgan fingerprint density at radius 3 is 2.52 bits per heavy atom. The fourth-order valence-corrected chi connectivity index (χ4v) is 6.47. The second-order valence-electron chi connectivity index (χ2n) is 8.88. The quantitative estimate of drug-likeness (QED) is 0.596. The van der Waals surface area contributed by atoms with Crippen LogP contribution in [0.4, 0.5) is 5.69 Å². The van der Waals surface area contributed by atoms with Crippen molar-refractivity contribution in [1.29, 1.82) is 0 Å². The molecule has 11 heteroatoms. The van der Waals surface area contributed by atoms with Gasteiger partial charge in [-0.15, -0.1) is 0 Å². The highest BCUT2D eigenvalue weighted by Crippen LogP contribution is 2.40. The molecule has 1 aromatic carbocycles. The highest BCUT2D eigenvalue weighted by atomic mass is 32.2. The molecule has 2 aromatic rings. The molecule has 0 unspecified atom stereocenters. The number of aryl methyl sites for hydroxylation is 1. The van der Waals surface area contributed by atoms with Crippen LogP contribution in [-0.2, 0) is 21.2 Å². The molecule has 0 bridgehead atoms. The van der Waals surface area contributed by atoms with Gasteiger partial charge in [-0.05, 0) is 33.4 Å². The summed E-state index contributed by atoms with van der Waals surface area (Å²) in [6.45, 7) is 5.36. The summed E-state index contributed by atoms with van der Waals surface area (Å²) in [6, 6.07) is 3.12. The number of benzene rings is 1. The van der Waals surface area contributed by atoms with Crippen molar-refractivity contribution in [2.75, 3.05) is 43.3 Å². The van der Waals surface area contributed by atoms with Gasteiger partial charge < -0.3 is 9.47 Å². The minimum Gasteiger partial charge on any atom is -0.486 e. The van der Waals surface area contributed by atoms with E-state index in [4.69, 9.17) is 9.47 Å². The van der Waals surface area contributed by atoms with Gasteiger partial charge >= 0.3 is 5.91 Å². The Hall–Kier alpha value is -2.92. The van der Waals surface area contributed by atoms with Gasteiger partial charge in [-0.25, -0.2) is 8.42 Å². The molecule has 1 aromatic heterocycles. The molecule has 4 heterocycles. The van der Waals surface area contributed by atoms with Gasteiger partial charge in [0.15, 0.2) is 21.3 Å². The number of Topliss-reactive ketones (excluding diaryl/α,β-unsaturated/α-hetero) is 1. The van der Waals surface area contributed by atoms with Crippen LogP contribution in [0.3, 0.4) is 0 Å². The fraction of sp³-hybridized carbons (Fsp3) is 0.500. The molecule has 1 fully saturated rings. The molecule has 176 valence electrons. The SMILES string of the molecule is Cc1nn([C@H]2CCS(=O)(=O)C2)c(C)c1CN(C)CN1C(=O)C(=O)c2cc3c(cc21)OCCO3. The zero-order valence-corrected chi connectivity index (χ0v) is 19.6. The van der Waals surface area contributed by atoms with E-state index in [1.165, 1.54) is 4.90 Å². The van der Waals surface area contributed by atoms with Crippen LogP contribution >= 0.6 is 0 Å². The van der Waals surface area contributed by atoms with Crippen molar-refractivity contribution in [3.8, 4) is 11.5 Å². The van der Waals surface area contributed by atoms with Crippen LogP contribution in [0.5, 0.6) is 11.5 Å². The monoisotopic (exact) mass is 474 g/mol. The largest absolute Gasteiger partial charge is 0.486 e. The molecular formula is C22H26N4O6S. The molecule has 3 aliphatic rings. The van der Waals surface area contributed by atoms with E-state index in [0.29, 0.717) is 48.9 Å². The number of nitrogens with zero attached hydrogens (tertiary/aromatic N) is 4.